The number of unbranched alkanes of at least 4 members (excludes halogenated alkanes) is 2. The molecule has 2 aromatic carbocycles. The van der Waals surface area contributed by atoms with Crippen LogP contribution in [0.3, 0.4) is 0 Å². The molecule has 0 aliphatic heterocycles. The Hall–Kier alpha value is 0.588. The average Bonchev–Trinajstić information content (AvgIpc) is 2.76. The van der Waals surface area contributed by atoms with Crippen LogP contribution in [0.2, 0.25) is 19.6 Å². The second kappa shape index (κ2) is 15.4. The van der Waals surface area contributed by atoms with Crippen LogP contribution in [0.15, 0.2) is 18.2 Å². The summed E-state index contributed by atoms with van der Waals surface area (Å²) < 4.78 is 0. The van der Waals surface area contributed by atoms with E-state index in [0.29, 0.717) is 0 Å². The second-order valence-corrected chi connectivity index (χ2v) is 16.1. The Balaban J connectivity index is -0.00000182. The van der Waals surface area contributed by atoms with Gasteiger partial charge in [0.2, 0.25) is 0 Å². The smallest absolute Gasteiger partial charge is 1.00 e. The van der Waals surface area contributed by atoms with E-state index in [-0.39, 0.29) is 68.5 Å². The van der Waals surface area contributed by atoms with Gasteiger partial charge in [0.05, 0.1) is 8.07 Å². The first-order valence-electron chi connectivity index (χ1n) is 10.5. The third-order valence-electron chi connectivity index (χ3n) is 6.09. The molecular weight excluding hydrogens is 499 g/mol. The Kier molecular flexibility index (Phi) is 18.1. The molecular formula is C24H39Cl3Si2Ti. The Labute approximate surface area is 223 Å². The first-order valence-corrected chi connectivity index (χ1v) is 15.7. The molecule has 0 aliphatic rings. The zero-order chi connectivity index (χ0) is 19.5. The van der Waals surface area contributed by atoms with Gasteiger partial charge in [0.25, 0.3) is 0 Å². The molecule has 2 aromatic rings. The van der Waals surface area contributed by atoms with Gasteiger partial charge < -0.3 is 37.2 Å². The molecule has 0 fully saturated rings. The molecule has 0 amide bonds. The second-order valence-electron chi connectivity index (χ2n) is 9.25. The third kappa shape index (κ3) is 9.22. The van der Waals surface area contributed by atoms with Crippen molar-refractivity contribution in [2.45, 2.75) is 86.0 Å². The minimum Gasteiger partial charge on any atom is -1.00 e. The van der Waals surface area contributed by atoms with Gasteiger partial charge in [-0.1, -0.05) is 113 Å². The topological polar surface area (TPSA) is 0 Å². The predicted molar refractivity (Wildman–Crippen MR) is 126 cm³/mol. The molecule has 0 bridgehead atoms. The van der Waals surface area contributed by atoms with Crippen molar-refractivity contribution >= 4 is 28.0 Å². The maximum absolute atomic E-state index is 2.56. The fourth-order valence-corrected chi connectivity index (χ4v) is 7.65. The first kappa shape index (κ1) is 35.2. The summed E-state index contributed by atoms with van der Waals surface area (Å²) >= 11 is 0. The van der Waals surface area contributed by atoms with Crippen LogP contribution in [0.4, 0.5) is 0 Å². The molecule has 2 rings (SSSR count). The van der Waals surface area contributed by atoms with Crippen molar-refractivity contribution in [3.63, 3.8) is 0 Å². The number of rotatable bonds is 8. The average molecular weight is 538 g/mol. The monoisotopic (exact) mass is 536 g/mol. The van der Waals surface area contributed by atoms with Crippen molar-refractivity contribution in [3.05, 3.63) is 51.6 Å². The summed E-state index contributed by atoms with van der Waals surface area (Å²) in [5.41, 5.74) is 9.57. The number of benzene rings is 1. The van der Waals surface area contributed by atoms with Crippen LogP contribution in [-0.2, 0) is 34.2 Å². The summed E-state index contributed by atoms with van der Waals surface area (Å²) in [5.74, 6) is 0. The minimum absolute atomic E-state index is 0. The number of hydrogen-bond donors (Lipinski definition) is 0. The maximum atomic E-state index is 2.56. The standard InChI is InChI=1S/C24H39Si2.3ClH.Ti/c1-9-10-11-12-23-19(4)18(3)20(5)24(23)16-25-21-13-17(2)14-22(15-21)26(6,7)8;;;;/h13-15H,9-12,16,25H2,1-8H3;3*1H;/q-1;;;;+4/p-3. The van der Waals surface area contributed by atoms with Gasteiger partial charge in [0.15, 0.2) is 0 Å². The zero-order valence-electron chi connectivity index (χ0n) is 20.1. The molecule has 0 saturated heterocycles. The molecule has 0 atom stereocenters. The fraction of sp³-hybridized carbons (Fsp3) is 0.542. The van der Waals surface area contributed by atoms with Crippen LogP contribution in [0.5, 0.6) is 0 Å². The van der Waals surface area contributed by atoms with Crippen molar-refractivity contribution in [2.24, 2.45) is 0 Å². The van der Waals surface area contributed by atoms with Crippen LogP contribution in [0.1, 0.15) is 59.6 Å². The summed E-state index contributed by atoms with van der Waals surface area (Å²) in [6.45, 7) is 19.0. The Bertz CT molecular complexity index is 765. The fourth-order valence-electron chi connectivity index (χ4n) is 4.12. The van der Waals surface area contributed by atoms with Gasteiger partial charge in [0.1, 0.15) is 0 Å². The normalized spacial score (nSPS) is 10.8. The molecule has 6 heteroatoms. The van der Waals surface area contributed by atoms with Gasteiger partial charge in [-0.05, 0) is 6.92 Å². The third-order valence-corrected chi connectivity index (χ3v) is 9.85. The molecule has 0 aromatic heterocycles. The molecule has 0 nitrogen and oxygen atoms in total. The van der Waals surface area contributed by atoms with Crippen molar-refractivity contribution in [3.8, 4) is 0 Å². The van der Waals surface area contributed by atoms with E-state index in [9.17, 15) is 0 Å². The molecule has 168 valence electrons. The molecule has 0 radical (unpaired) electrons. The van der Waals surface area contributed by atoms with E-state index in [1.807, 2.05) is 0 Å². The van der Waals surface area contributed by atoms with E-state index in [1.54, 1.807) is 38.2 Å². The van der Waals surface area contributed by atoms with Gasteiger partial charge >= 0.3 is 21.7 Å². The Morgan fingerprint density at radius 3 is 2.00 bits per heavy atom. The van der Waals surface area contributed by atoms with Gasteiger partial charge in [-0.3, -0.25) is 0 Å². The molecule has 0 saturated carbocycles. The number of aryl methyl sites for hydroxylation is 1. The summed E-state index contributed by atoms with van der Waals surface area (Å²) in [4.78, 5) is 0. The van der Waals surface area contributed by atoms with Gasteiger partial charge in [-0.25, -0.2) is 0 Å². The summed E-state index contributed by atoms with van der Waals surface area (Å²) in [6.07, 6.45) is 5.30. The van der Waals surface area contributed by atoms with Crippen LogP contribution in [0.25, 0.3) is 0 Å². The first-order chi connectivity index (χ1) is 12.1. The largest absolute Gasteiger partial charge is 4.00 e. The van der Waals surface area contributed by atoms with Crippen LogP contribution in [-0.4, -0.2) is 17.6 Å². The SMILES string of the molecule is CCCCCc1c(C)c(C)c(C)[c-]1C[SiH2]c1cc(C)cc([Si](C)(C)C)c1.[Cl-].[Cl-].[Cl-].[Ti+4]. The summed E-state index contributed by atoms with van der Waals surface area (Å²) in [6, 6.07) is 8.78. The van der Waals surface area contributed by atoms with Crippen LogP contribution < -0.4 is 47.6 Å². The van der Waals surface area contributed by atoms with Crippen LogP contribution in [0, 0.1) is 27.7 Å². The van der Waals surface area contributed by atoms with E-state index >= 15 is 0 Å². The Morgan fingerprint density at radius 1 is 0.867 bits per heavy atom. The molecule has 0 aliphatic carbocycles. The Morgan fingerprint density at radius 2 is 1.47 bits per heavy atom. The molecule has 0 unspecified atom stereocenters. The number of halogens is 3. The van der Waals surface area contributed by atoms with E-state index in [2.05, 4.69) is 72.5 Å². The van der Waals surface area contributed by atoms with Crippen molar-refractivity contribution in [2.75, 3.05) is 0 Å². The minimum atomic E-state index is -1.23. The molecule has 30 heavy (non-hydrogen) atoms. The van der Waals surface area contributed by atoms with Crippen molar-refractivity contribution < 1.29 is 58.9 Å². The maximum Gasteiger partial charge on any atom is 4.00 e. The molecule has 0 spiro atoms. The zero-order valence-corrected chi connectivity index (χ0v) is 26.4. The van der Waals surface area contributed by atoms with Gasteiger partial charge in [-0.15, -0.1) is 0 Å². The van der Waals surface area contributed by atoms with Crippen molar-refractivity contribution in [1.82, 2.24) is 0 Å². The molecule has 0 N–H and O–H groups in total. The van der Waals surface area contributed by atoms with E-state index in [0.717, 1.165) is 0 Å². The van der Waals surface area contributed by atoms with E-state index in [4.69, 9.17) is 0 Å². The van der Waals surface area contributed by atoms with E-state index < -0.39 is 8.07 Å². The van der Waals surface area contributed by atoms with Gasteiger partial charge in [-0.2, -0.15) is 27.8 Å². The van der Waals surface area contributed by atoms with Crippen LogP contribution >= 0.6 is 0 Å². The molecule has 0 heterocycles. The van der Waals surface area contributed by atoms with Gasteiger partial charge in [0, 0.05) is 9.52 Å². The predicted octanol–water partition coefficient (Wildman–Crippen LogP) is -4.08. The summed E-state index contributed by atoms with van der Waals surface area (Å²) in [5, 5.41) is 3.30. The summed E-state index contributed by atoms with van der Waals surface area (Å²) in [7, 11) is -1.49. The quantitative estimate of drug-likeness (QED) is 0.183. The number of hydrogen-bond acceptors (Lipinski definition) is 0. The van der Waals surface area contributed by atoms with Crippen molar-refractivity contribution in [1.29, 1.82) is 0 Å². The van der Waals surface area contributed by atoms with E-state index in [1.165, 1.54) is 37.3 Å².